The van der Waals surface area contributed by atoms with Crippen molar-refractivity contribution in [2.75, 3.05) is 30.7 Å². The number of anilines is 1. The molecule has 1 aliphatic heterocycles. The van der Waals surface area contributed by atoms with Crippen LogP contribution in [0.25, 0.3) is 21.3 Å². The van der Waals surface area contributed by atoms with E-state index in [1.807, 2.05) is 18.2 Å². The topological polar surface area (TPSA) is 75.2 Å². The van der Waals surface area contributed by atoms with E-state index in [4.69, 9.17) is 9.97 Å². The summed E-state index contributed by atoms with van der Waals surface area (Å²) in [6.45, 7) is 3.58. The van der Waals surface area contributed by atoms with Gasteiger partial charge in [-0.05, 0) is 25.3 Å². The molecule has 2 aliphatic rings. The van der Waals surface area contributed by atoms with Crippen LogP contribution in [0.5, 0.6) is 0 Å². The quantitative estimate of drug-likeness (QED) is 0.617. The molecule has 0 amide bonds. The van der Waals surface area contributed by atoms with Crippen molar-refractivity contribution in [3.63, 3.8) is 0 Å². The number of aromatic nitrogens is 2. The molecular formula is C21H24N4O2S2. The van der Waals surface area contributed by atoms with Gasteiger partial charge in [0.15, 0.2) is 0 Å². The van der Waals surface area contributed by atoms with E-state index in [0.29, 0.717) is 24.9 Å². The van der Waals surface area contributed by atoms with Gasteiger partial charge >= 0.3 is 0 Å². The fraction of sp³-hybridized carbons (Fsp3) is 0.429. The van der Waals surface area contributed by atoms with Crippen molar-refractivity contribution in [2.24, 2.45) is 5.92 Å². The second-order valence-electron chi connectivity index (χ2n) is 7.86. The molecule has 1 saturated carbocycles. The number of benzene rings is 1. The van der Waals surface area contributed by atoms with E-state index in [1.54, 1.807) is 22.6 Å². The predicted octanol–water partition coefficient (Wildman–Crippen LogP) is 3.93. The van der Waals surface area contributed by atoms with Crippen LogP contribution in [0.1, 0.15) is 31.5 Å². The molecule has 3 heterocycles. The van der Waals surface area contributed by atoms with Gasteiger partial charge in [-0.1, -0.05) is 30.3 Å². The van der Waals surface area contributed by atoms with Crippen LogP contribution in [0.4, 0.5) is 5.82 Å². The van der Waals surface area contributed by atoms with E-state index in [9.17, 15) is 8.42 Å². The summed E-state index contributed by atoms with van der Waals surface area (Å²) in [5.41, 5.74) is 2.31. The minimum absolute atomic E-state index is 0.166. The molecule has 3 aromatic rings. The molecule has 0 spiro atoms. The summed E-state index contributed by atoms with van der Waals surface area (Å²) in [6.07, 6.45) is 2.32. The molecular weight excluding hydrogens is 404 g/mol. The van der Waals surface area contributed by atoms with Crippen LogP contribution in [0, 0.1) is 5.92 Å². The summed E-state index contributed by atoms with van der Waals surface area (Å²) in [7, 11) is -3.07. The van der Waals surface area contributed by atoms with Crippen LogP contribution in [-0.4, -0.2) is 48.1 Å². The van der Waals surface area contributed by atoms with Crippen molar-refractivity contribution in [3.8, 4) is 11.1 Å². The summed E-state index contributed by atoms with van der Waals surface area (Å²) in [6, 6.07) is 10.3. The third-order valence-electron chi connectivity index (χ3n) is 5.72. The van der Waals surface area contributed by atoms with Gasteiger partial charge < -0.3 is 5.32 Å². The first-order valence-electron chi connectivity index (χ1n) is 10.1. The summed E-state index contributed by atoms with van der Waals surface area (Å²) in [5.74, 6) is 2.78. The monoisotopic (exact) mass is 428 g/mol. The van der Waals surface area contributed by atoms with Gasteiger partial charge in [0.25, 0.3) is 0 Å². The smallest absolute Gasteiger partial charge is 0.213 e. The van der Waals surface area contributed by atoms with Gasteiger partial charge in [-0.25, -0.2) is 22.7 Å². The number of nitrogens with zero attached hydrogens (tertiary/aromatic N) is 3. The standard InChI is InChI=1S/C21H24N4O2S2/c1-2-29(26,27)25-11-14(12-25)10-22-20-18-17(15-6-4-3-5-7-15)13-28-21(18)24-19(23-20)16-8-9-16/h3-7,13-14,16H,2,8-12H2,1H3,(H,22,23,24). The van der Waals surface area contributed by atoms with Gasteiger partial charge in [0.05, 0.1) is 11.1 Å². The van der Waals surface area contributed by atoms with Crippen LogP contribution < -0.4 is 5.32 Å². The Labute approximate surface area is 175 Å². The highest BCUT2D eigenvalue weighted by molar-refractivity contribution is 7.89. The van der Waals surface area contributed by atoms with Gasteiger partial charge in [-0.3, -0.25) is 0 Å². The summed E-state index contributed by atoms with van der Waals surface area (Å²) >= 11 is 1.66. The lowest BCUT2D eigenvalue weighted by molar-refractivity contribution is 0.212. The minimum Gasteiger partial charge on any atom is -0.369 e. The second-order valence-corrected chi connectivity index (χ2v) is 11.0. The minimum atomic E-state index is -3.07. The molecule has 152 valence electrons. The zero-order chi connectivity index (χ0) is 20.0. The fourth-order valence-electron chi connectivity index (χ4n) is 3.74. The maximum atomic E-state index is 12.0. The lowest BCUT2D eigenvalue weighted by Crippen LogP contribution is -2.52. The Kier molecular flexibility index (Phi) is 4.80. The molecule has 0 bridgehead atoms. The maximum absolute atomic E-state index is 12.0. The lowest BCUT2D eigenvalue weighted by atomic mass is 10.0. The summed E-state index contributed by atoms with van der Waals surface area (Å²) in [4.78, 5) is 10.7. The van der Waals surface area contributed by atoms with E-state index in [-0.39, 0.29) is 5.75 Å². The molecule has 5 rings (SSSR count). The van der Waals surface area contributed by atoms with E-state index in [1.165, 1.54) is 0 Å². The molecule has 1 saturated heterocycles. The Bertz CT molecular complexity index is 1130. The number of thiophene rings is 1. The zero-order valence-corrected chi connectivity index (χ0v) is 18.0. The molecule has 0 unspecified atom stereocenters. The Morgan fingerprint density at radius 2 is 1.93 bits per heavy atom. The number of hydrogen-bond acceptors (Lipinski definition) is 6. The molecule has 8 heteroatoms. The first kappa shape index (κ1) is 19.0. The van der Waals surface area contributed by atoms with E-state index in [0.717, 1.165) is 52.4 Å². The molecule has 2 aromatic heterocycles. The van der Waals surface area contributed by atoms with Gasteiger partial charge in [-0.2, -0.15) is 0 Å². The average Bonchev–Trinajstić information content (AvgIpc) is 3.46. The first-order chi connectivity index (χ1) is 14.0. The van der Waals surface area contributed by atoms with E-state index >= 15 is 0 Å². The van der Waals surface area contributed by atoms with Crippen molar-refractivity contribution in [1.82, 2.24) is 14.3 Å². The maximum Gasteiger partial charge on any atom is 0.213 e. The highest BCUT2D eigenvalue weighted by atomic mass is 32.2. The molecule has 0 atom stereocenters. The van der Waals surface area contributed by atoms with Crippen LogP contribution in [0.15, 0.2) is 35.7 Å². The fourth-order valence-corrected chi connectivity index (χ4v) is 5.94. The van der Waals surface area contributed by atoms with Crippen molar-refractivity contribution in [1.29, 1.82) is 0 Å². The number of rotatable bonds is 7. The molecule has 29 heavy (non-hydrogen) atoms. The van der Waals surface area contributed by atoms with Crippen LogP contribution >= 0.6 is 11.3 Å². The average molecular weight is 429 g/mol. The van der Waals surface area contributed by atoms with Crippen LogP contribution in [0.2, 0.25) is 0 Å². The highest BCUT2D eigenvalue weighted by Gasteiger charge is 2.35. The predicted molar refractivity (Wildman–Crippen MR) is 118 cm³/mol. The van der Waals surface area contributed by atoms with Gasteiger partial charge in [-0.15, -0.1) is 11.3 Å². The number of hydrogen-bond donors (Lipinski definition) is 1. The van der Waals surface area contributed by atoms with Crippen LogP contribution in [0.3, 0.4) is 0 Å². The van der Waals surface area contributed by atoms with Crippen molar-refractivity contribution >= 4 is 37.4 Å². The van der Waals surface area contributed by atoms with Crippen LogP contribution in [-0.2, 0) is 10.0 Å². The number of fused-ring (bicyclic) bond motifs is 1. The van der Waals surface area contributed by atoms with E-state index in [2.05, 4.69) is 22.8 Å². The van der Waals surface area contributed by atoms with E-state index < -0.39 is 10.0 Å². The lowest BCUT2D eigenvalue weighted by Gasteiger charge is -2.38. The third-order valence-corrected chi connectivity index (χ3v) is 8.40. The third kappa shape index (κ3) is 3.65. The van der Waals surface area contributed by atoms with Crippen molar-refractivity contribution in [2.45, 2.75) is 25.7 Å². The Morgan fingerprint density at radius 1 is 1.17 bits per heavy atom. The van der Waals surface area contributed by atoms with Gasteiger partial charge in [0.2, 0.25) is 10.0 Å². The molecule has 6 nitrogen and oxygen atoms in total. The largest absolute Gasteiger partial charge is 0.369 e. The number of nitrogens with one attached hydrogen (secondary N) is 1. The summed E-state index contributed by atoms with van der Waals surface area (Å²) in [5, 5.41) is 6.77. The van der Waals surface area contributed by atoms with Gasteiger partial charge in [0, 0.05) is 42.4 Å². The zero-order valence-electron chi connectivity index (χ0n) is 16.3. The second kappa shape index (κ2) is 7.34. The first-order valence-corrected chi connectivity index (χ1v) is 12.6. The highest BCUT2D eigenvalue weighted by Crippen LogP contribution is 2.42. The normalized spacial score (nSPS) is 18.1. The Hall–Kier alpha value is -2.03. The molecule has 1 aromatic carbocycles. The SMILES string of the molecule is CCS(=O)(=O)N1CC(CNc2nc(C3CC3)nc3scc(-c4ccccc4)c23)C1. The molecule has 0 radical (unpaired) electrons. The van der Waals surface area contributed by atoms with Gasteiger partial charge in [0.1, 0.15) is 16.5 Å². The summed E-state index contributed by atoms with van der Waals surface area (Å²) < 4.78 is 25.5. The Balaban J connectivity index is 1.42. The Morgan fingerprint density at radius 3 is 2.62 bits per heavy atom. The van der Waals surface area contributed by atoms with Crippen molar-refractivity contribution in [3.05, 3.63) is 41.5 Å². The molecule has 2 fully saturated rings. The molecule has 1 N–H and O–H groups in total. The number of sulfonamides is 1. The molecule has 1 aliphatic carbocycles. The van der Waals surface area contributed by atoms with Crippen molar-refractivity contribution < 1.29 is 8.42 Å².